The Morgan fingerprint density at radius 3 is 3.00 bits per heavy atom. The molecule has 1 unspecified atom stereocenters. The van der Waals surface area contributed by atoms with Crippen molar-refractivity contribution in [3.63, 3.8) is 0 Å². The first-order valence-electron chi connectivity index (χ1n) is 5.11. The fourth-order valence-electron chi connectivity index (χ4n) is 1.82. The minimum atomic E-state index is 0.519. The first-order valence-corrected chi connectivity index (χ1v) is 5.11. The van der Waals surface area contributed by atoms with Gasteiger partial charge in [0, 0.05) is 25.8 Å². The molecule has 2 rings (SSSR count). The largest absolute Gasteiger partial charge is 0.355 e. The van der Waals surface area contributed by atoms with E-state index in [1.807, 2.05) is 13.1 Å². The Balaban J connectivity index is 2.11. The van der Waals surface area contributed by atoms with E-state index in [4.69, 9.17) is 5.26 Å². The lowest BCUT2D eigenvalue weighted by molar-refractivity contribution is 0.678. The number of pyridine rings is 1. The Kier molecular flexibility index (Phi) is 2.84. The van der Waals surface area contributed by atoms with Crippen LogP contribution in [-0.4, -0.2) is 31.2 Å². The second-order valence-electron chi connectivity index (χ2n) is 3.77. The molecule has 0 saturated carbocycles. The van der Waals surface area contributed by atoms with E-state index in [2.05, 4.69) is 21.3 Å². The standard InChI is InChI=1S/C11H14N4/c1-15(10-4-5-13-8-10)11-3-2-9(6-12)7-14-11/h2-3,7,10,13H,4-5,8H2,1H3. The number of likely N-dealkylation sites (N-methyl/N-ethyl adjacent to an activating group) is 1. The lowest BCUT2D eigenvalue weighted by Gasteiger charge is -2.24. The summed E-state index contributed by atoms with van der Waals surface area (Å²) < 4.78 is 0. The van der Waals surface area contributed by atoms with E-state index < -0.39 is 0 Å². The minimum Gasteiger partial charge on any atom is -0.355 e. The molecular weight excluding hydrogens is 188 g/mol. The Hall–Kier alpha value is -1.60. The van der Waals surface area contributed by atoms with E-state index in [1.54, 1.807) is 12.3 Å². The summed E-state index contributed by atoms with van der Waals surface area (Å²) in [4.78, 5) is 6.44. The van der Waals surface area contributed by atoms with Crippen molar-refractivity contribution >= 4 is 5.82 Å². The normalized spacial score (nSPS) is 19.9. The minimum absolute atomic E-state index is 0.519. The number of hydrogen-bond donors (Lipinski definition) is 1. The topological polar surface area (TPSA) is 52.0 Å². The number of nitriles is 1. The number of rotatable bonds is 2. The van der Waals surface area contributed by atoms with Gasteiger partial charge >= 0.3 is 0 Å². The summed E-state index contributed by atoms with van der Waals surface area (Å²) in [6, 6.07) is 6.29. The summed E-state index contributed by atoms with van der Waals surface area (Å²) in [7, 11) is 2.05. The molecule has 1 saturated heterocycles. The zero-order valence-electron chi connectivity index (χ0n) is 8.77. The molecule has 1 atom stereocenters. The molecule has 0 aliphatic carbocycles. The monoisotopic (exact) mass is 202 g/mol. The van der Waals surface area contributed by atoms with Crippen molar-refractivity contribution < 1.29 is 0 Å². The highest BCUT2D eigenvalue weighted by Gasteiger charge is 2.19. The van der Waals surface area contributed by atoms with Gasteiger partial charge in [-0.2, -0.15) is 5.26 Å². The van der Waals surface area contributed by atoms with Gasteiger partial charge in [0.1, 0.15) is 11.9 Å². The van der Waals surface area contributed by atoms with Crippen LogP contribution in [0.4, 0.5) is 5.82 Å². The Bertz CT molecular complexity index is 359. The molecule has 4 heteroatoms. The molecule has 15 heavy (non-hydrogen) atoms. The number of nitrogens with zero attached hydrogens (tertiary/aromatic N) is 3. The highest BCUT2D eigenvalue weighted by atomic mass is 15.2. The van der Waals surface area contributed by atoms with Gasteiger partial charge in [-0.1, -0.05) is 0 Å². The molecule has 2 heterocycles. The molecule has 1 aliphatic rings. The smallest absolute Gasteiger partial charge is 0.128 e. The van der Waals surface area contributed by atoms with Gasteiger partial charge in [-0.05, 0) is 25.1 Å². The van der Waals surface area contributed by atoms with Crippen molar-refractivity contribution in [1.82, 2.24) is 10.3 Å². The third kappa shape index (κ3) is 2.08. The third-order valence-electron chi connectivity index (χ3n) is 2.82. The molecule has 0 amide bonds. The van der Waals surface area contributed by atoms with Gasteiger partial charge < -0.3 is 10.2 Å². The maximum Gasteiger partial charge on any atom is 0.128 e. The molecule has 1 aliphatic heterocycles. The van der Waals surface area contributed by atoms with E-state index in [-0.39, 0.29) is 0 Å². The van der Waals surface area contributed by atoms with Crippen LogP contribution < -0.4 is 10.2 Å². The van der Waals surface area contributed by atoms with E-state index in [9.17, 15) is 0 Å². The molecule has 1 aromatic heterocycles. The SMILES string of the molecule is CN(c1ccc(C#N)cn1)C1CCNC1. The lowest BCUT2D eigenvalue weighted by Crippen LogP contribution is -2.33. The van der Waals surface area contributed by atoms with Gasteiger partial charge in [-0.25, -0.2) is 4.98 Å². The van der Waals surface area contributed by atoms with E-state index in [0.717, 1.165) is 25.3 Å². The molecule has 1 aromatic rings. The van der Waals surface area contributed by atoms with Crippen LogP contribution in [0.2, 0.25) is 0 Å². The van der Waals surface area contributed by atoms with Crippen LogP contribution >= 0.6 is 0 Å². The average Bonchev–Trinajstić information content (AvgIpc) is 2.82. The van der Waals surface area contributed by atoms with E-state index >= 15 is 0 Å². The molecule has 1 N–H and O–H groups in total. The Morgan fingerprint density at radius 1 is 1.60 bits per heavy atom. The quantitative estimate of drug-likeness (QED) is 0.769. The van der Waals surface area contributed by atoms with Gasteiger partial charge in [0.05, 0.1) is 5.56 Å². The maximum absolute atomic E-state index is 8.67. The molecule has 1 fully saturated rings. The number of aromatic nitrogens is 1. The van der Waals surface area contributed by atoms with Crippen molar-refractivity contribution in [2.45, 2.75) is 12.5 Å². The second kappa shape index (κ2) is 4.28. The molecule has 0 aromatic carbocycles. The first kappa shape index (κ1) is 9.94. The van der Waals surface area contributed by atoms with Gasteiger partial charge in [0.15, 0.2) is 0 Å². The van der Waals surface area contributed by atoms with Crippen LogP contribution in [0.5, 0.6) is 0 Å². The van der Waals surface area contributed by atoms with Crippen molar-refractivity contribution in [2.75, 3.05) is 25.0 Å². The van der Waals surface area contributed by atoms with E-state index in [1.165, 1.54) is 0 Å². The van der Waals surface area contributed by atoms with Crippen LogP contribution in [0.25, 0.3) is 0 Å². The van der Waals surface area contributed by atoms with Gasteiger partial charge in [0.25, 0.3) is 0 Å². The first-order chi connectivity index (χ1) is 7.31. The highest BCUT2D eigenvalue weighted by molar-refractivity contribution is 5.42. The molecule has 0 radical (unpaired) electrons. The summed E-state index contributed by atoms with van der Waals surface area (Å²) in [5.41, 5.74) is 0.608. The fraction of sp³-hybridized carbons (Fsp3) is 0.455. The van der Waals surface area contributed by atoms with Crippen molar-refractivity contribution in [3.05, 3.63) is 23.9 Å². The Morgan fingerprint density at radius 2 is 2.47 bits per heavy atom. The molecule has 4 nitrogen and oxygen atoms in total. The summed E-state index contributed by atoms with van der Waals surface area (Å²) >= 11 is 0. The van der Waals surface area contributed by atoms with Crippen LogP contribution in [-0.2, 0) is 0 Å². The third-order valence-corrected chi connectivity index (χ3v) is 2.82. The Labute approximate surface area is 89.5 Å². The molecular formula is C11H14N4. The zero-order valence-corrected chi connectivity index (χ0v) is 8.77. The van der Waals surface area contributed by atoms with Crippen molar-refractivity contribution in [2.24, 2.45) is 0 Å². The number of hydrogen-bond acceptors (Lipinski definition) is 4. The fourth-order valence-corrected chi connectivity index (χ4v) is 1.82. The summed E-state index contributed by atoms with van der Waals surface area (Å²) in [5, 5.41) is 12.0. The zero-order chi connectivity index (χ0) is 10.7. The van der Waals surface area contributed by atoms with Crippen LogP contribution in [0.1, 0.15) is 12.0 Å². The van der Waals surface area contributed by atoms with Crippen LogP contribution in [0.3, 0.4) is 0 Å². The number of nitrogens with one attached hydrogen (secondary N) is 1. The predicted molar refractivity (Wildman–Crippen MR) is 58.6 cm³/mol. The lowest BCUT2D eigenvalue weighted by atomic mass is 10.2. The summed E-state index contributed by atoms with van der Waals surface area (Å²) in [5.74, 6) is 0.933. The predicted octanol–water partition coefficient (Wildman–Crippen LogP) is 0.751. The maximum atomic E-state index is 8.67. The molecule has 78 valence electrons. The number of anilines is 1. The van der Waals surface area contributed by atoms with Gasteiger partial charge in [-0.15, -0.1) is 0 Å². The van der Waals surface area contributed by atoms with E-state index in [0.29, 0.717) is 11.6 Å². The molecule has 0 bridgehead atoms. The van der Waals surface area contributed by atoms with Crippen LogP contribution in [0.15, 0.2) is 18.3 Å². The van der Waals surface area contributed by atoms with Crippen molar-refractivity contribution in [1.29, 1.82) is 5.26 Å². The van der Waals surface area contributed by atoms with Gasteiger partial charge in [0.2, 0.25) is 0 Å². The molecule has 0 spiro atoms. The van der Waals surface area contributed by atoms with Crippen molar-refractivity contribution in [3.8, 4) is 6.07 Å². The van der Waals surface area contributed by atoms with Crippen LogP contribution in [0, 0.1) is 11.3 Å². The summed E-state index contributed by atoms with van der Waals surface area (Å²) in [6.45, 7) is 2.09. The highest BCUT2D eigenvalue weighted by Crippen LogP contribution is 2.15. The average molecular weight is 202 g/mol. The van der Waals surface area contributed by atoms with Gasteiger partial charge in [-0.3, -0.25) is 0 Å². The summed E-state index contributed by atoms with van der Waals surface area (Å²) in [6.07, 6.45) is 2.77. The second-order valence-corrected chi connectivity index (χ2v) is 3.77.